The molecule has 5 nitrogen and oxygen atoms in total. The zero-order valence-corrected chi connectivity index (χ0v) is 12.8. The van der Waals surface area contributed by atoms with Crippen molar-refractivity contribution in [3.8, 4) is 0 Å². The van der Waals surface area contributed by atoms with Crippen LogP contribution in [0.5, 0.6) is 0 Å². The van der Waals surface area contributed by atoms with Crippen molar-refractivity contribution in [2.45, 2.75) is 37.8 Å². The lowest BCUT2D eigenvalue weighted by molar-refractivity contribution is 0.0598. The Kier molecular flexibility index (Phi) is 6.15. The maximum absolute atomic E-state index is 13.3. The van der Waals surface area contributed by atoms with E-state index in [2.05, 4.69) is 10.6 Å². The van der Waals surface area contributed by atoms with E-state index in [4.69, 9.17) is 4.74 Å². The Morgan fingerprint density at radius 1 is 1.55 bits per heavy atom. The predicted molar refractivity (Wildman–Crippen MR) is 81.1 cm³/mol. The molecule has 0 fully saturated rings. The summed E-state index contributed by atoms with van der Waals surface area (Å²) in [4.78, 5) is 11.9. The number of fused-ring (bicyclic) bond motifs is 1. The number of carbonyl (C=O) groups is 1. The van der Waals surface area contributed by atoms with Crippen LogP contribution in [0.2, 0.25) is 0 Å². The summed E-state index contributed by atoms with van der Waals surface area (Å²) in [6.07, 6.45) is 2.47. The molecule has 0 saturated carbocycles. The maximum Gasteiger partial charge on any atom is 0.315 e. The third-order valence-electron chi connectivity index (χ3n) is 3.85. The highest BCUT2D eigenvalue weighted by Gasteiger charge is 2.22. The molecule has 3 N–H and O–H groups in total. The highest BCUT2D eigenvalue weighted by Crippen LogP contribution is 2.29. The van der Waals surface area contributed by atoms with Crippen LogP contribution in [0.3, 0.4) is 0 Å². The first kappa shape index (κ1) is 16.7. The predicted octanol–water partition coefficient (Wildman–Crippen LogP) is 1.90. The van der Waals surface area contributed by atoms with Crippen LogP contribution in [0, 0.1) is 5.82 Å². The van der Waals surface area contributed by atoms with E-state index in [-0.39, 0.29) is 24.5 Å². The fourth-order valence-corrected chi connectivity index (χ4v) is 2.77. The molecule has 0 bridgehead atoms. The second kappa shape index (κ2) is 8.10. The van der Waals surface area contributed by atoms with Gasteiger partial charge in [-0.1, -0.05) is 6.07 Å². The molecule has 1 aliphatic carbocycles. The molecule has 2 amide bonds. The second-order valence-electron chi connectivity index (χ2n) is 5.59. The summed E-state index contributed by atoms with van der Waals surface area (Å²) in [6.45, 7) is 0.629. The minimum Gasteiger partial charge on any atom is -0.391 e. The van der Waals surface area contributed by atoms with Crippen molar-refractivity contribution in [2.75, 3.05) is 20.3 Å². The van der Waals surface area contributed by atoms with Gasteiger partial charge in [-0.15, -0.1) is 0 Å². The lowest BCUT2D eigenvalue weighted by atomic mass is 9.88. The van der Waals surface area contributed by atoms with Crippen LogP contribution >= 0.6 is 0 Å². The van der Waals surface area contributed by atoms with Crippen LogP contribution in [0.1, 0.15) is 36.4 Å². The molecular weight excluding hydrogens is 287 g/mol. The zero-order chi connectivity index (χ0) is 15.9. The van der Waals surface area contributed by atoms with Gasteiger partial charge in [0.1, 0.15) is 5.82 Å². The zero-order valence-electron chi connectivity index (χ0n) is 12.8. The maximum atomic E-state index is 13.3. The largest absolute Gasteiger partial charge is 0.391 e. The third kappa shape index (κ3) is 4.68. The number of rotatable bonds is 6. The number of hydrogen-bond acceptors (Lipinski definition) is 3. The van der Waals surface area contributed by atoms with Gasteiger partial charge in [-0.3, -0.25) is 0 Å². The number of aryl methyl sites for hydroxylation is 1. The van der Waals surface area contributed by atoms with Crippen LogP contribution in [-0.2, 0) is 11.2 Å². The molecule has 2 unspecified atom stereocenters. The van der Waals surface area contributed by atoms with Crippen molar-refractivity contribution < 1.29 is 19.0 Å². The minimum atomic E-state index is -0.580. The summed E-state index contributed by atoms with van der Waals surface area (Å²) in [5, 5.41) is 15.1. The Balaban J connectivity index is 1.83. The summed E-state index contributed by atoms with van der Waals surface area (Å²) in [6, 6.07) is 4.36. The molecule has 1 aliphatic rings. The van der Waals surface area contributed by atoms with Gasteiger partial charge in [0.05, 0.1) is 18.8 Å². The average molecular weight is 310 g/mol. The first-order valence-corrected chi connectivity index (χ1v) is 7.60. The van der Waals surface area contributed by atoms with Gasteiger partial charge in [0.25, 0.3) is 0 Å². The first-order valence-electron chi connectivity index (χ1n) is 7.60. The van der Waals surface area contributed by atoms with E-state index in [1.807, 2.05) is 0 Å². The monoisotopic (exact) mass is 310 g/mol. The summed E-state index contributed by atoms with van der Waals surface area (Å²) in [7, 11) is 1.52. The van der Waals surface area contributed by atoms with E-state index in [9.17, 15) is 14.3 Å². The molecule has 6 heteroatoms. The van der Waals surface area contributed by atoms with Crippen molar-refractivity contribution in [3.63, 3.8) is 0 Å². The molecule has 0 aromatic heterocycles. The van der Waals surface area contributed by atoms with E-state index >= 15 is 0 Å². The smallest absolute Gasteiger partial charge is 0.315 e. The van der Waals surface area contributed by atoms with Crippen LogP contribution in [0.4, 0.5) is 9.18 Å². The number of ether oxygens (including phenoxy) is 1. The molecule has 2 atom stereocenters. The van der Waals surface area contributed by atoms with Crippen LogP contribution in [-0.4, -0.2) is 37.5 Å². The van der Waals surface area contributed by atoms with Crippen molar-refractivity contribution in [1.29, 1.82) is 0 Å². The van der Waals surface area contributed by atoms with Gasteiger partial charge >= 0.3 is 6.03 Å². The molecule has 1 aromatic rings. The van der Waals surface area contributed by atoms with Crippen molar-refractivity contribution in [2.24, 2.45) is 0 Å². The summed E-state index contributed by atoms with van der Waals surface area (Å²) < 4.78 is 18.1. The number of urea groups is 1. The average Bonchev–Trinajstić information content (AvgIpc) is 2.47. The lowest BCUT2D eigenvalue weighted by Crippen LogP contribution is -2.40. The minimum absolute atomic E-state index is 0.0896. The lowest BCUT2D eigenvalue weighted by Gasteiger charge is -2.26. The molecule has 1 aromatic carbocycles. The van der Waals surface area contributed by atoms with Crippen LogP contribution in [0.25, 0.3) is 0 Å². The van der Waals surface area contributed by atoms with Gasteiger partial charge in [0.2, 0.25) is 0 Å². The summed E-state index contributed by atoms with van der Waals surface area (Å²) in [5.74, 6) is -0.240. The van der Waals surface area contributed by atoms with E-state index in [1.165, 1.54) is 13.2 Å². The van der Waals surface area contributed by atoms with E-state index in [0.717, 1.165) is 30.4 Å². The molecular formula is C16H23FN2O3. The quantitative estimate of drug-likeness (QED) is 0.751. The van der Waals surface area contributed by atoms with Gasteiger partial charge in [-0.05, 0) is 48.9 Å². The molecule has 2 rings (SSSR count). The molecule has 0 aliphatic heterocycles. The van der Waals surface area contributed by atoms with Gasteiger partial charge in [0, 0.05) is 13.7 Å². The standard InChI is InChI=1S/C16H23FN2O3/c1-22-10-13(20)7-8-18-16(21)19-15-4-2-3-11-9-12(17)5-6-14(11)15/h5-6,9,13,15,20H,2-4,7-8,10H2,1H3,(H2,18,19,21). The number of aliphatic hydroxyl groups excluding tert-OH is 1. The number of benzene rings is 1. The van der Waals surface area contributed by atoms with Crippen molar-refractivity contribution in [1.82, 2.24) is 10.6 Å². The Labute approximate surface area is 129 Å². The highest BCUT2D eigenvalue weighted by molar-refractivity contribution is 5.74. The molecule has 0 radical (unpaired) electrons. The molecule has 0 spiro atoms. The van der Waals surface area contributed by atoms with Gasteiger partial charge in [-0.2, -0.15) is 0 Å². The highest BCUT2D eigenvalue weighted by atomic mass is 19.1. The second-order valence-corrected chi connectivity index (χ2v) is 5.59. The van der Waals surface area contributed by atoms with Crippen molar-refractivity contribution >= 4 is 6.03 Å². The Morgan fingerprint density at radius 3 is 3.14 bits per heavy atom. The summed E-state index contributed by atoms with van der Waals surface area (Å²) in [5.41, 5.74) is 1.95. The van der Waals surface area contributed by atoms with E-state index in [1.54, 1.807) is 12.1 Å². The molecule has 0 saturated heterocycles. The SMILES string of the molecule is COCC(O)CCNC(=O)NC1CCCc2cc(F)ccc21. The number of carbonyl (C=O) groups excluding carboxylic acids is 1. The van der Waals surface area contributed by atoms with E-state index < -0.39 is 6.10 Å². The number of amides is 2. The number of nitrogens with one attached hydrogen (secondary N) is 2. The number of halogens is 1. The van der Waals surface area contributed by atoms with Gasteiger partial charge in [0.15, 0.2) is 0 Å². The molecule has 22 heavy (non-hydrogen) atoms. The number of aliphatic hydroxyl groups is 1. The fourth-order valence-electron chi connectivity index (χ4n) is 2.77. The Hall–Kier alpha value is -1.66. The Bertz CT molecular complexity index is 510. The topological polar surface area (TPSA) is 70.6 Å². The Morgan fingerprint density at radius 2 is 2.36 bits per heavy atom. The van der Waals surface area contributed by atoms with Gasteiger partial charge in [-0.25, -0.2) is 9.18 Å². The van der Waals surface area contributed by atoms with Crippen LogP contribution in [0.15, 0.2) is 18.2 Å². The summed E-state index contributed by atoms with van der Waals surface area (Å²) >= 11 is 0. The van der Waals surface area contributed by atoms with Gasteiger partial charge < -0.3 is 20.5 Å². The fraction of sp³-hybridized carbons (Fsp3) is 0.562. The third-order valence-corrected chi connectivity index (χ3v) is 3.85. The normalized spacial score (nSPS) is 18.4. The molecule has 122 valence electrons. The number of methoxy groups -OCH3 is 1. The van der Waals surface area contributed by atoms with E-state index in [0.29, 0.717) is 13.0 Å². The number of hydrogen-bond donors (Lipinski definition) is 3. The first-order chi connectivity index (χ1) is 10.6. The van der Waals surface area contributed by atoms with Crippen molar-refractivity contribution in [3.05, 3.63) is 35.1 Å². The van der Waals surface area contributed by atoms with Crippen LogP contribution < -0.4 is 10.6 Å². The molecule has 0 heterocycles.